The Morgan fingerprint density at radius 1 is 1.19 bits per heavy atom. The molecular formula is C25H28FN3O3. The number of nitrogens with zero attached hydrogens (tertiary/aromatic N) is 3. The molecule has 0 radical (unpaired) electrons. The van der Waals surface area contributed by atoms with E-state index in [1.54, 1.807) is 36.5 Å². The van der Waals surface area contributed by atoms with Gasteiger partial charge in [0.1, 0.15) is 11.6 Å². The van der Waals surface area contributed by atoms with Gasteiger partial charge in [-0.15, -0.1) is 0 Å². The topological polar surface area (TPSA) is 67.6 Å². The number of methoxy groups -OCH3 is 1. The molecule has 1 aromatic heterocycles. The number of amides is 1. The van der Waals surface area contributed by atoms with Crippen LogP contribution in [0.5, 0.6) is 5.75 Å². The predicted octanol–water partition coefficient (Wildman–Crippen LogP) is 4.36. The average molecular weight is 438 g/mol. The number of aromatic nitrogens is 2. The second-order valence-electron chi connectivity index (χ2n) is 8.31. The Bertz CT molecular complexity index is 1100. The van der Waals surface area contributed by atoms with E-state index in [4.69, 9.17) is 4.74 Å². The van der Waals surface area contributed by atoms with Gasteiger partial charge in [-0.25, -0.2) is 9.37 Å². The van der Waals surface area contributed by atoms with Gasteiger partial charge in [-0.2, -0.15) is 0 Å². The molecule has 3 aromatic rings. The Hall–Kier alpha value is -3.19. The van der Waals surface area contributed by atoms with E-state index in [9.17, 15) is 14.3 Å². The van der Waals surface area contributed by atoms with E-state index in [1.807, 2.05) is 36.7 Å². The fraction of sp³-hybridized carbons (Fsp3) is 0.360. The van der Waals surface area contributed by atoms with Gasteiger partial charge in [0.15, 0.2) is 0 Å². The molecule has 7 heteroatoms. The SMILES string of the molecule is COc1cc(C(O)C2CCCN([C@@H](C)c3ccc(F)cc3)C2=O)ccc1-n1cnc(C)c1. The van der Waals surface area contributed by atoms with Gasteiger partial charge in [0.25, 0.3) is 0 Å². The van der Waals surface area contributed by atoms with E-state index in [0.29, 0.717) is 24.3 Å². The van der Waals surface area contributed by atoms with Gasteiger partial charge in [0.2, 0.25) is 5.91 Å². The lowest BCUT2D eigenvalue weighted by Crippen LogP contribution is -2.44. The molecule has 1 fully saturated rings. The summed E-state index contributed by atoms with van der Waals surface area (Å²) in [5, 5.41) is 11.1. The molecule has 0 aliphatic carbocycles. The van der Waals surface area contributed by atoms with Crippen molar-refractivity contribution in [3.63, 3.8) is 0 Å². The monoisotopic (exact) mass is 437 g/mol. The summed E-state index contributed by atoms with van der Waals surface area (Å²) in [6, 6.07) is 11.5. The molecule has 0 bridgehead atoms. The van der Waals surface area contributed by atoms with Crippen molar-refractivity contribution in [2.24, 2.45) is 5.92 Å². The zero-order chi connectivity index (χ0) is 22.8. The molecule has 1 amide bonds. The van der Waals surface area contributed by atoms with Crippen LogP contribution in [0.3, 0.4) is 0 Å². The Labute approximate surface area is 187 Å². The van der Waals surface area contributed by atoms with E-state index in [2.05, 4.69) is 4.98 Å². The molecule has 0 saturated carbocycles. The zero-order valence-electron chi connectivity index (χ0n) is 18.5. The maximum Gasteiger partial charge on any atom is 0.229 e. The number of imidazole rings is 1. The van der Waals surface area contributed by atoms with Crippen LogP contribution in [-0.2, 0) is 4.79 Å². The number of halogens is 1. The molecule has 1 aliphatic rings. The number of hydrogen-bond donors (Lipinski definition) is 1. The first-order chi connectivity index (χ1) is 15.4. The number of aryl methyl sites for hydroxylation is 1. The average Bonchev–Trinajstić information content (AvgIpc) is 3.24. The lowest BCUT2D eigenvalue weighted by molar-refractivity contribution is -0.145. The quantitative estimate of drug-likeness (QED) is 0.622. The van der Waals surface area contributed by atoms with Crippen LogP contribution in [0.25, 0.3) is 5.69 Å². The number of aliphatic hydroxyl groups is 1. The van der Waals surface area contributed by atoms with Gasteiger partial charge in [0, 0.05) is 12.7 Å². The molecule has 168 valence electrons. The molecule has 3 atom stereocenters. The fourth-order valence-electron chi connectivity index (χ4n) is 4.40. The first-order valence-electron chi connectivity index (χ1n) is 10.8. The Morgan fingerprint density at radius 3 is 2.56 bits per heavy atom. The molecule has 2 unspecified atom stereocenters. The van der Waals surface area contributed by atoms with Crippen LogP contribution in [-0.4, -0.2) is 39.1 Å². The van der Waals surface area contributed by atoms with Crippen molar-refractivity contribution in [1.29, 1.82) is 0 Å². The number of likely N-dealkylation sites (tertiary alicyclic amines) is 1. The Kier molecular flexibility index (Phi) is 6.28. The predicted molar refractivity (Wildman–Crippen MR) is 119 cm³/mol. The summed E-state index contributed by atoms with van der Waals surface area (Å²) < 4.78 is 20.7. The van der Waals surface area contributed by atoms with Crippen LogP contribution in [0.2, 0.25) is 0 Å². The second kappa shape index (κ2) is 9.12. The highest BCUT2D eigenvalue weighted by atomic mass is 19.1. The van der Waals surface area contributed by atoms with Crippen molar-refractivity contribution in [2.45, 2.75) is 38.8 Å². The standard InChI is InChI=1S/C25H28FN3O3/c1-16-14-28(15-27-16)22-11-8-19(13-23(22)32-3)24(30)21-5-4-12-29(25(21)31)17(2)18-6-9-20(26)10-7-18/h6-11,13-15,17,21,24,30H,4-5,12H2,1-3H3/t17-,21?,24?/m0/s1. The van der Waals surface area contributed by atoms with Crippen LogP contribution in [0, 0.1) is 18.7 Å². The highest BCUT2D eigenvalue weighted by Crippen LogP contribution is 2.36. The van der Waals surface area contributed by atoms with E-state index >= 15 is 0 Å². The van der Waals surface area contributed by atoms with E-state index in [0.717, 1.165) is 23.4 Å². The fourth-order valence-corrected chi connectivity index (χ4v) is 4.40. The number of piperidine rings is 1. The molecule has 6 nitrogen and oxygen atoms in total. The number of ether oxygens (including phenoxy) is 1. The van der Waals surface area contributed by atoms with Crippen molar-refractivity contribution in [1.82, 2.24) is 14.5 Å². The molecule has 32 heavy (non-hydrogen) atoms. The zero-order valence-corrected chi connectivity index (χ0v) is 18.5. The third-order valence-electron chi connectivity index (χ3n) is 6.25. The van der Waals surface area contributed by atoms with E-state index in [-0.39, 0.29) is 17.8 Å². The summed E-state index contributed by atoms with van der Waals surface area (Å²) >= 11 is 0. The van der Waals surface area contributed by atoms with Gasteiger partial charge in [-0.3, -0.25) is 4.79 Å². The number of rotatable bonds is 6. The number of carbonyl (C=O) groups is 1. The third kappa shape index (κ3) is 4.25. The van der Waals surface area contributed by atoms with Gasteiger partial charge < -0.3 is 19.3 Å². The third-order valence-corrected chi connectivity index (χ3v) is 6.25. The van der Waals surface area contributed by atoms with Crippen molar-refractivity contribution < 1.29 is 19.0 Å². The van der Waals surface area contributed by atoms with Crippen molar-refractivity contribution in [3.8, 4) is 11.4 Å². The maximum absolute atomic E-state index is 13.3. The molecule has 1 N–H and O–H groups in total. The highest BCUT2D eigenvalue weighted by Gasteiger charge is 2.37. The minimum atomic E-state index is -0.946. The molecule has 1 aliphatic heterocycles. The van der Waals surface area contributed by atoms with Crippen molar-refractivity contribution >= 4 is 5.91 Å². The van der Waals surface area contributed by atoms with Crippen LogP contribution in [0.4, 0.5) is 4.39 Å². The molecule has 1 saturated heterocycles. The van der Waals surface area contributed by atoms with Crippen LogP contribution in [0.15, 0.2) is 55.0 Å². The molecule has 0 spiro atoms. The minimum absolute atomic E-state index is 0.0890. The van der Waals surface area contributed by atoms with E-state index < -0.39 is 12.0 Å². The smallest absolute Gasteiger partial charge is 0.229 e. The Balaban J connectivity index is 1.56. The maximum atomic E-state index is 13.3. The number of carbonyl (C=O) groups excluding carboxylic acids is 1. The summed E-state index contributed by atoms with van der Waals surface area (Å²) in [5.41, 5.74) is 3.21. The minimum Gasteiger partial charge on any atom is -0.495 e. The van der Waals surface area contributed by atoms with Crippen molar-refractivity contribution in [3.05, 3.63) is 77.6 Å². The van der Waals surface area contributed by atoms with Crippen LogP contribution >= 0.6 is 0 Å². The summed E-state index contributed by atoms with van der Waals surface area (Å²) in [7, 11) is 1.58. The van der Waals surface area contributed by atoms with Crippen LogP contribution < -0.4 is 4.74 Å². The summed E-state index contributed by atoms with van der Waals surface area (Å²) in [6.45, 7) is 4.46. The lowest BCUT2D eigenvalue weighted by Gasteiger charge is -2.38. The first-order valence-corrected chi connectivity index (χ1v) is 10.8. The Morgan fingerprint density at radius 2 is 1.91 bits per heavy atom. The summed E-state index contributed by atoms with van der Waals surface area (Å²) in [6.07, 6.45) is 4.06. The molecule has 2 heterocycles. The summed E-state index contributed by atoms with van der Waals surface area (Å²) in [4.78, 5) is 19.3. The first kappa shape index (κ1) is 22.0. The second-order valence-corrected chi connectivity index (χ2v) is 8.31. The normalized spacial score (nSPS) is 18.5. The number of benzene rings is 2. The van der Waals surface area contributed by atoms with Gasteiger partial charge in [-0.1, -0.05) is 18.2 Å². The van der Waals surface area contributed by atoms with Gasteiger partial charge >= 0.3 is 0 Å². The highest BCUT2D eigenvalue weighted by molar-refractivity contribution is 5.81. The van der Waals surface area contributed by atoms with Crippen molar-refractivity contribution in [2.75, 3.05) is 13.7 Å². The molecule has 2 aromatic carbocycles. The largest absolute Gasteiger partial charge is 0.495 e. The summed E-state index contributed by atoms with van der Waals surface area (Å²) in [5.74, 6) is -0.340. The molecular weight excluding hydrogens is 409 g/mol. The van der Waals surface area contributed by atoms with Gasteiger partial charge in [-0.05, 0) is 62.1 Å². The molecule has 4 rings (SSSR count). The lowest BCUT2D eigenvalue weighted by atomic mass is 9.86. The number of hydrogen-bond acceptors (Lipinski definition) is 4. The van der Waals surface area contributed by atoms with E-state index in [1.165, 1.54) is 12.1 Å². The van der Waals surface area contributed by atoms with Crippen LogP contribution in [0.1, 0.15) is 48.7 Å². The van der Waals surface area contributed by atoms with Gasteiger partial charge in [0.05, 0.1) is 42.9 Å². The number of aliphatic hydroxyl groups excluding tert-OH is 1.